The summed E-state index contributed by atoms with van der Waals surface area (Å²) in [6.45, 7) is 7.16. The highest BCUT2D eigenvalue weighted by Gasteiger charge is 2.29. The monoisotopic (exact) mass is 378 g/mol. The molecule has 0 spiro atoms. The van der Waals surface area contributed by atoms with E-state index in [0.29, 0.717) is 36.0 Å². The smallest absolute Gasteiger partial charge is 0.407 e. The molecule has 2 heterocycles. The predicted octanol–water partition coefficient (Wildman–Crippen LogP) is 4.07. The molecule has 1 saturated heterocycles. The van der Waals surface area contributed by atoms with Gasteiger partial charge in [0.1, 0.15) is 11.2 Å². The number of carbonyl (C=O) groups excluding carboxylic acids is 2. The maximum atomic E-state index is 12.7. The van der Waals surface area contributed by atoms with Crippen LogP contribution in [0, 0.1) is 5.92 Å². The van der Waals surface area contributed by atoms with E-state index < -0.39 is 11.7 Å². The standard InChI is InChI=1S/C19H23ClN2O4/c1-19(2,3)26-18(24)21-10-12-6-7-22(11-12)17(23)16-9-13-8-14(20)4-5-15(13)25-16/h4-5,8-9,12H,6-7,10-11H2,1-3H3,(H,21,24). The maximum Gasteiger partial charge on any atom is 0.407 e. The third kappa shape index (κ3) is 4.49. The molecule has 7 heteroatoms. The minimum atomic E-state index is -0.522. The molecule has 140 valence electrons. The SMILES string of the molecule is CC(C)(C)OC(=O)NCC1CCN(C(=O)c2cc3cc(Cl)ccc3o2)C1. The van der Waals surface area contributed by atoms with Crippen LogP contribution in [-0.4, -0.2) is 42.1 Å². The summed E-state index contributed by atoms with van der Waals surface area (Å²) < 4.78 is 10.9. The average molecular weight is 379 g/mol. The number of halogens is 1. The zero-order chi connectivity index (χ0) is 18.9. The van der Waals surface area contributed by atoms with E-state index in [0.717, 1.165) is 11.8 Å². The molecule has 0 radical (unpaired) electrons. The molecule has 1 unspecified atom stereocenters. The second-order valence-corrected chi connectivity index (χ2v) is 8.02. The molecule has 26 heavy (non-hydrogen) atoms. The van der Waals surface area contributed by atoms with Gasteiger partial charge in [-0.15, -0.1) is 0 Å². The lowest BCUT2D eigenvalue weighted by molar-refractivity contribution is 0.0520. The Morgan fingerprint density at radius 2 is 2.12 bits per heavy atom. The van der Waals surface area contributed by atoms with Gasteiger partial charge in [-0.25, -0.2) is 4.79 Å². The Kier molecular flexibility index (Phi) is 5.14. The van der Waals surface area contributed by atoms with Gasteiger partial charge in [-0.1, -0.05) is 11.6 Å². The third-order valence-electron chi connectivity index (χ3n) is 4.20. The molecule has 0 saturated carbocycles. The van der Waals surface area contributed by atoms with Gasteiger partial charge in [0, 0.05) is 30.0 Å². The van der Waals surface area contributed by atoms with Crippen LogP contribution in [0.1, 0.15) is 37.7 Å². The number of furan rings is 1. The number of amides is 2. The molecule has 1 aliphatic rings. The van der Waals surface area contributed by atoms with E-state index in [9.17, 15) is 9.59 Å². The largest absolute Gasteiger partial charge is 0.451 e. The Bertz CT molecular complexity index is 825. The molecular weight excluding hydrogens is 356 g/mol. The van der Waals surface area contributed by atoms with E-state index in [1.54, 1.807) is 29.2 Å². The van der Waals surface area contributed by atoms with Crippen molar-refractivity contribution in [3.05, 3.63) is 35.0 Å². The van der Waals surface area contributed by atoms with E-state index in [-0.39, 0.29) is 11.8 Å². The van der Waals surface area contributed by atoms with Crippen molar-refractivity contribution in [2.24, 2.45) is 5.92 Å². The summed E-state index contributed by atoms with van der Waals surface area (Å²) in [7, 11) is 0. The Hall–Kier alpha value is -2.21. The fourth-order valence-electron chi connectivity index (χ4n) is 3.00. The summed E-state index contributed by atoms with van der Waals surface area (Å²) in [5, 5.41) is 4.18. The van der Waals surface area contributed by atoms with E-state index >= 15 is 0 Å². The molecule has 3 rings (SSSR count). The molecule has 0 bridgehead atoms. The van der Waals surface area contributed by atoms with Crippen molar-refractivity contribution in [1.29, 1.82) is 0 Å². The number of likely N-dealkylation sites (tertiary alicyclic amines) is 1. The van der Waals surface area contributed by atoms with Crippen molar-refractivity contribution in [1.82, 2.24) is 10.2 Å². The molecule has 2 aromatic rings. The average Bonchev–Trinajstić information content (AvgIpc) is 3.17. The van der Waals surface area contributed by atoms with Gasteiger partial charge in [-0.05, 0) is 57.4 Å². The quantitative estimate of drug-likeness (QED) is 0.873. The number of hydrogen-bond acceptors (Lipinski definition) is 4. The van der Waals surface area contributed by atoms with Crippen molar-refractivity contribution in [2.75, 3.05) is 19.6 Å². The van der Waals surface area contributed by atoms with Crippen LogP contribution in [0.25, 0.3) is 11.0 Å². The fraction of sp³-hybridized carbons (Fsp3) is 0.474. The van der Waals surface area contributed by atoms with Crippen LogP contribution in [0.2, 0.25) is 5.02 Å². The van der Waals surface area contributed by atoms with Gasteiger partial charge in [0.05, 0.1) is 0 Å². The first-order valence-electron chi connectivity index (χ1n) is 8.66. The number of benzene rings is 1. The molecule has 1 atom stereocenters. The summed E-state index contributed by atoms with van der Waals surface area (Å²) in [5.74, 6) is 0.366. The normalized spacial score (nSPS) is 17.5. The second-order valence-electron chi connectivity index (χ2n) is 7.58. The van der Waals surface area contributed by atoms with Gasteiger partial charge in [0.15, 0.2) is 5.76 Å². The van der Waals surface area contributed by atoms with Gasteiger partial charge >= 0.3 is 6.09 Å². The highest BCUT2D eigenvalue weighted by molar-refractivity contribution is 6.31. The molecule has 6 nitrogen and oxygen atoms in total. The molecule has 1 aromatic carbocycles. The van der Waals surface area contributed by atoms with Gasteiger partial charge < -0.3 is 19.4 Å². The van der Waals surface area contributed by atoms with Crippen LogP contribution >= 0.6 is 11.6 Å². The van der Waals surface area contributed by atoms with Crippen LogP contribution in [-0.2, 0) is 4.74 Å². The molecule has 0 aliphatic carbocycles. The minimum absolute atomic E-state index is 0.142. The Balaban J connectivity index is 1.56. The Morgan fingerprint density at radius 3 is 2.85 bits per heavy atom. The first kappa shape index (κ1) is 18.6. The summed E-state index contributed by atoms with van der Waals surface area (Å²) in [6, 6.07) is 6.98. The number of hydrogen-bond donors (Lipinski definition) is 1. The van der Waals surface area contributed by atoms with Gasteiger partial charge in [0.2, 0.25) is 0 Å². The van der Waals surface area contributed by atoms with Crippen molar-refractivity contribution in [2.45, 2.75) is 32.8 Å². The number of nitrogens with zero attached hydrogens (tertiary/aromatic N) is 1. The highest BCUT2D eigenvalue weighted by atomic mass is 35.5. The van der Waals surface area contributed by atoms with Gasteiger partial charge in [-0.2, -0.15) is 0 Å². The number of ether oxygens (including phenoxy) is 1. The fourth-order valence-corrected chi connectivity index (χ4v) is 3.18. The second kappa shape index (κ2) is 7.19. The van der Waals surface area contributed by atoms with Crippen molar-refractivity contribution < 1.29 is 18.7 Å². The minimum Gasteiger partial charge on any atom is -0.451 e. The van der Waals surface area contributed by atoms with E-state index in [4.69, 9.17) is 20.8 Å². The number of rotatable bonds is 3. The number of carbonyl (C=O) groups is 2. The highest BCUT2D eigenvalue weighted by Crippen LogP contribution is 2.25. The zero-order valence-electron chi connectivity index (χ0n) is 15.2. The first-order valence-corrected chi connectivity index (χ1v) is 9.04. The van der Waals surface area contributed by atoms with E-state index in [2.05, 4.69) is 5.32 Å². The molecule has 1 aliphatic heterocycles. The van der Waals surface area contributed by atoms with Crippen molar-refractivity contribution >= 4 is 34.6 Å². The third-order valence-corrected chi connectivity index (χ3v) is 4.43. The van der Waals surface area contributed by atoms with Gasteiger partial charge in [0.25, 0.3) is 5.91 Å². The summed E-state index contributed by atoms with van der Waals surface area (Å²) in [5.41, 5.74) is 0.117. The summed E-state index contributed by atoms with van der Waals surface area (Å²) >= 11 is 5.97. The van der Waals surface area contributed by atoms with E-state index in [1.807, 2.05) is 20.8 Å². The topological polar surface area (TPSA) is 71.8 Å². The predicted molar refractivity (Wildman–Crippen MR) is 99.5 cm³/mol. The lowest BCUT2D eigenvalue weighted by atomic mass is 10.1. The van der Waals surface area contributed by atoms with E-state index in [1.165, 1.54) is 0 Å². The van der Waals surface area contributed by atoms with Crippen LogP contribution in [0.3, 0.4) is 0 Å². The molecule has 1 fully saturated rings. The number of fused-ring (bicyclic) bond motifs is 1. The molecule has 1 N–H and O–H groups in total. The lowest BCUT2D eigenvalue weighted by Gasteiger charge is -2.20. The molecule has 2 amide bonds. The van der Waals surface area contributed by atoms with Crippen molar-refractivity contribution in [3.8, 4) is 0 Å². The molecular formula is C19H23ClN2O4. The van der Waals surface area contributed by atoms with Crippen LogP contribution < -0.4 is 5.32 Å². The van der Waals surface area contributed by atoms with Crippen LogP contribution in [0.4, 0.5) is 4.79 Å². The Morgan fingerprint density at radius 1 is 1.35 bits per heavy atom. The summed E-state index contributed by atoms with van der Waals surface area (Å²) in [4.78, 5) is 26.2. The number of alkyl carbamates (subject to hydrolysis) is 1. The van der Waals surface area contributed by atoms with Crippen LogP contribution in [0.5, 0.6) is 0 Å². The van der Waals surface area contributed by atoms with Crippen LogP contribution in [0.15, 0.2) is 28.7 Å². The zero-order valence-corrected chi connectivity index (χ0v) is 15.9. The van der Waals surface area contributed by atoms with Gasteiger partial charge in [-0.3, -0.25) is 4.79 Å². The Labute approximate surface area is 157 Å². The first-order chi connectivity index (χ1) is 12.2. The summed E-state index contributed by atoms with van der Waals surface area (Å²) in [6.07, 6.45) is 0.393. The maximum absolute atomic E-state index is 12.7. The molecule has 1 aromatic heterocycles. The van der Waals surface area contributed by atoms with Crippen molar-refractivity contribution in [3.63, 3.8) is 0 Å². The lowest BCUT2D eigenvalue weighted by Crippen LogP contribution is -2.36. The number of nitrogens with one attached hydrogen (secondary N) is 1.